The van der Waals surface area contributed by atoms with Gasteiger partial charge in [0, 0.05) is 7.05 Å². The minimum atomic E-state index is -0.439. The number of nitrogens with zero attached hydrogens (tertiary/aromatic N) is 1. The first-order chi connectivity index (χ1) is 9.18. The highest BCUT2D eigenvalue weighted by Gasteiger charge is 2.52. The van der Waals surface area contributed by atoms with Crippen LogP contribution in [0, 0.1) is 0 Å². The number of carbonyl (C=O) groups excluding carboxylic acids is 1. The summed E-state index contributed by atoms with van der Waals surface area (Å²) in [7, 11) is 2.60. The second-order valence-corrected chi connectivity index (χ2v) is 6.73. The van der Waals surface area contributed by atoms with Crippen LogP contribution in [0.5, 0.6) is 0 Å². The molecule has 1 aromatic rings. The Labute approximate surface area is 123 Å². The maximum absolute atomic E-state index is 12.0. The molecular formula is C13H20BNO4S. The Bertz CT molecular complexity index is 498. The van der Waals surface area contributed by atoms with E-state index in [1.54, 1.807) is 13.1 Å². The molecule has 1 fully saturated rings. The molecule has 7 heteroatoms. The number of amides is 1. The fourth-order valence-corrected chi connectivity index (χ4v) is 2.68. The Kier molecular flexibility index (Phi) is 3.99. The standard InChI is InChI=1S/C13H20BNO4S/c1-12(2)13(3,4)19-14(18-12)9-7-10(20-8-9)11(16)15(5)17-6/h7-8H,1-6H3. The highest BCUT2D eigenvalue weighted by Crippen LogP contribution is 2.36. The summed E-state index contributed by atoms with van der Waals surface area (Å²) in [6.45, 7) is 8.02. The van der Waals surface area contributed by atoms with E-state index in [1.807, 2.05) is 33.1 Å². The zero-order valence-corrected chi connectivity index (χ0v) is 13.5. The second-order valence-electron chi connectivity index (χ2n) is 5.82. The summed E-state index contributed by atoms with van der Waals surface area (Å²) >= 11 is 1.36. The van der Waals surface area contributed by atoms with Gasteiger partial charge in [0.1, 0.15) is 0 Å². The first-order valence-corrected chi connectivity index (χ1v) is 7.32. The number of rotatable bonds is 3. The summed E-state index contributed by atoms with van der Waals surface area (Å²) in [6.07, 6.45) is 0. The van der Waals surface area contributed by atoms with Gasteiger partial charge in [0.25, 0.3) is 5.91 Å². The van der Waals surface area contributed by atoms with Crippen molar-refractivity contribution in [2.24, 2.45) is 0 Å². The SMILES string of the molecule is CON(C)C(=O)c1cc(B2OC(C)(C)C(C)(C)O2)cs1. The molecule has 0 radical (unpaired) electrons. The Hall–Kier alpha value is -0.885. The highest BCUT2D eigenvalue weighted by molar-refractivity contribution is 7.13. The smallest absolute Gasteiger partial charge is 0.399 e. The van der Waals surface area contributed by atoms with Crippen LogP contribution in [0.2, 0.25) is 0 Å². The van der Waals surface area contributed by atoms with Gasteiger partial charge in [-0.1, -0.05) is 0 Å². The van der Waals surface area contributed by atoms with Crippen LogP contribution in [0.1, 0.15) is 37.4 Å². The Morgan fingerprint density at radius 2 is 1.85 bits per heavy atom. The average Bonchev–Trinajstić information content (AvgIpc) is 2.91. The lowest BCUT2D eigenvalue weighted by Gasteiger charge is -2.32. The first kappa shape index (κ1) is 15.5. The van der Waals surface area contributed by atoms with Crippen LogP contribution in [0.4, 0.5) is 0 Å². The van der Waals surface area contributed by atoms with E-state index in [1.165, 1.54) is 23.5 Å². The molecule has 0 unspecified atom stereocenters. The first-order valence-electron chi connectivity index (χ1n) is 6.44. The summed E-state index contributed by atoms with van der Waals surface area (Å²) in [5, 5.41) is 3.08. The van der Waals surface area contributed by atoms with E-state index in [2.05, 4.69) is 0 Å². The summed E-state index contributed by atoms with van der Waals surface area (Å²) in [6, 6.07) is 1.80. The molecular weight excluding hydrogens is 277 g/mol. The zero-order valence-electron chi connectivity index (χ0n) is 12.7. The number of hydrogen-bond donors (Lipinski definition) is 0. The summed E-state index contributed by atoms with van der Waals surface area (Å²) < 4.78 is 11.9. The van der Waals surface area contributed by atoms with E-state index in [-0.39, 0.29) is 17.1 Å². The predicted octanol–water partition coefficient (Wildman–Crippen LogP) is 1.68. The van der Waals surface area contributed by atoms with Gasteiger partial charge >= 0.3 is 7.12 Å². The van der Waals surface area contributed by atoms with Crippen molar-refractivity contribution in [3.63, 3.8) is 0 Å². The molecule has 1 amide bonds. The fraction of sp³-hybridized carbons (Fsp3) is 0.615. The molecule has 2 rings (SSSR count). The normalized spacial score (nSPS) is 20.2. The van der Waals surface area contributed by atoms with Gasteiger partial charge in [0.15, 0.2) is 0 Å². The van der Waals surface area contributed by atoms with Gasteiger partial charge in [-0.2, -0.15) is 0 Å². The Morgan fingerprint density at radius 3 is 2.35 bits per heavy atom. The van der Waals surface area contributed by atoms with E-state index in [4.69, 9.17) is 14.1 Å². The Morgan fingerprint density at radius 1 is 1.30 bits per heavy atom. The molecule has 0 atom stereocenters. The van der Waals surface area contributed by atoms with E-state index in [9.17, 15) is 4.79 Å². The van der Waals surface area contributed by atoms with Crippen molar-refractivity contribution in [2.45, 2.75) is 38.9 Å². The third kappa shape index (κ3) is 2.63. The molecule has 1 aliphatic rings. The predicted molar refractivity (Wildman–Crippen MR) is 79.1 cm³/mol. The van der Waals surface area contributed by atoms with Crippen molar-refractivity contribution in [3.05, 3.63) is 16.3 Å². The van der Waals surface area contributed by atoms with E-state index in [0.717, 1.165) is 5.46 Å². The molecule has 0 aromatic carbocycles. The number of hydroxylamine groups is 2. The van der Waals surface area contributed by atoms with Crippen LogP contribution < -0.4 is 5.46 Å². The molecule has 20 heavy (non-hydrogen) atoms. The van der Waals surface area contributed by atoms with Crippen LogP contribution >= 0.6 is 11.3 Å². The fourth-order valence-electron chi connectivity index (χ4n) is 1.80. The van der Waals surface area contributed by atoms with Crippen molar-refractivity contribution in [3.8, 4) is 0 Å². The monoisotopic (exact) mass is 297 g/mol. The third-order valence-corrected chi connectivity index (χ3v) is 4.85. The van der Waals surface area contributed by atoms with Gasteiger partial charge < -0.3 is 9.31 Å². The Balaban J connectivity index is 2.17. The van der Waals surface area contributed by atoms with Crippen LogP contribution in [0.15, 0.2) is 11.4 Å². The van der Waals surface area contributed by atoms with E-state index in [0.29, 0.717) is 4.88 Å². The molecule has 1 aliphatic heterocycles. The molecule has 0 spiro atoms. The van der Waals surface area contributed by atoms with Crippen molar-refractivity contribution < 1.29 is 18.9 Å². The second kappa shape index (κ2) is 5.14. The number of carbonyl (C=O) groups is 1. The molecule has 0 aliphatic carbocycles. The summed E-state index contributed by atoms with van der Waals surface area (Å²) in [5.74, 6) is -0.180. The van der Waals surface area contributed by atoms with Gasteiger partial charge in [-0.25, -0.2) is 5.06 Å². The lowest BCUT2D eigenvalue weighted by atomic mass is 9.81. The molecule has 0 N–H and O–H groups in total. The van der Waals surface area contributed by atoms with Gasteiger partial charge in [-0.05, 0) is 44.6 Å². The van der Waals surface area contributed by atoms with Gasteiger partial charge in [0.05, 0.1) is 23.2 Å². The average molecular weight is 297 g/mol. The highest BCUT2D eigenvalue weighted by atomic mass is 32.1. The number of thiophene rings is 1. The molecule has 5 nitrogen and oxygen atoms in total. The van der Waals surface area contributed by atoms with Crippen molar-refractivity contribution in [1.82, 2.24) is 5.06 Å². The molecule has 2 heterocycles. The van der Waals surface area contributed by atoms with Gasteiger partial charge in [-0.3, -0.25) is 9.63 Å². The maximum atomic E-state index is 12.0. The lowest BCUT2D eigenvalue weighted by Crippen LogP contribution is -2.41. The lowest BCUT2D eigenvalue weighted by molar-refractivity contribution is -0.0753. The van der Waals surface area contributed by atoms with Crippen LogP contribution in [0.25, 0.3) is 0 Å². The van der Waals surface area contributed by atoms with Crippen LogP contribution in [-0.2, 0) is 14.1 Å². The molecule has 110 valence electrons. The largest absolute Gasteiger partial charge is 0.495 e. The van der Waals surface area contributed by atoms with Crippen molar-refractivity contribution >= 4 is 29.8 Å². The molecule has 1 saturated heterocycles. The minimum Gasteiger partial charge on any atom is -0.399 e. The van der Waals surface area contributed by atoms with Crippen molar-refractivity contribution in [1.29, 1.82) is 0 Å². The molecule has 0 saturated carbocycles. The quantitative estimate of drug-likeness (QED) is 0.629. The summed E-state index contributed by atoms with van der Waals surface area (Å²) in [5.41, 5.74) is 0.0988. The minimum absolute atomic E-state index is 0.180. The van der Waals surface area contributed by atoms with Gasteiger partial charge in [0.2, 0.25) is 0 Å². The van der Waals surface area contributed by atoms with E-state index < -0.39 is 7.12 Å². The topological polar surface area (TPSA) is 48.0 Å². The third-order valence-electron chi connectivity index (χ3n) is 3.92. The number of hydrogen-bond acceptors (Lipinski definition) is 5. The van der Waals surface area contributed by atoms with E-state index >= 15 is 0 Å². The van der Waals surface area contributed by atoms with Crippen LogP contribution in [-0.4, -0.2) is 43.4 Å². The van der Waals surface area contributed by atoms with Crippen molar-refractivity contribution in [2.75, 3.05) is 14.2 Å². The van der Waals surface area contributed by atoms with Gasteiger partial charge in [-0.15, -0.1) is 11.3 Å². The summed E-state index contributed by atoms with van der Waals surface area (Å²) in [4.78, 5) is 17.5. The molecule has 1 aromatic heterocycles. The maximum Gasteiger partial charge on any atom is 0.495 e. The zero-order chi connectivity index (χ0) is 15.1. The van der Waals surface area contributed by atoms with Crippen LogP contribution in [0.3, 0.4) is 0 Å². The molecule has 0 bridgehead atoms.